The fourth-order valence-electron chi connectivity index (χ4n) is 4.05. The predicted molar refractivity (Wildman–Crippen MR) is 79.9 cm³/mol. The lowest BCUT2D eigenvalue weighted by Gasteiger charge is -2.45. The van der Waals surface area contributed by atoms with E-state index in [1.54, 1.807) is 12.1 Å². The first-order valence-corrected chi connectivity index (χ1v) is 7.99. The molecule has 110 valence electrons. The fourth-order valence-corrected chi connectivity index (χ4v) is 4.05. The van der Waals surface area contributed by atoms with Crippen molar-refractivity contribution < 1.29 is 4.39 Å². The topological polar surface area (TPSA) is 29.3 Å². The molecule has 0 radical (unpaired) electrons. The lowest BCUT2D eigenvalue weighted by atomic mass is 9.78. The van der Waals surface area contributed by atoms with Crippen molar-refractivity contribution in [2.24, 2.45) is 11.7 Å². The fraction of sp³-hybridized carbons (Fsp3) is 0.647. The van der Waals surface area contributed by atoms with Gasteiger partial charge < -0.3 is 5.73 Å². The van der Waals surface area contributed by atoms with Crippen LogP contribution in [0.3, 0.4) is 0 Å². The van der Waals surface area contributed by atoms with Crippen LogP contribution in [0.4, 0.5) is 4.39 Å². The summed E-state index contributed by atoms with van der Waals surface area (Å²) >= 11 is 0. The Morgan fingerprint density at radius 2 is 2.00 bits per heavy atom. The van der Waals surface area contributed by atoms with Crippen LogP contribution >= 0.6 is 0 Å². The Balaban J connectivity index is 1.66. The number of piperidine rings is 1. The summed E-state index contributed by atoms with van der Waals surface area (Å²) < 4.78 is 13.3. The van der Waals surface area contributed by atoms with E-state index in [2.05, 4.69) is 4.90 Å². The van der Waals surface area contributed by atoms with Gasteiger partial charge in [0.25, 0.3) is 0 Å². The van der Waals surface area contributed by atoms with Crippen molar-refractivity contribution in [2.75, 3.05) is 13.1 Å². The van der Waals surface area contributed by atoms with Crippen molar-refractivity contribution in [3.8, 4) is 0 Å². The van der Waals surface area contributed by atoms with Gasteiger partial charge in [0.2, 0.25) is 0 Å². The standard InChI is InChI=1S/C17H25FN2/c18-15-8-3-6-14(11-15)16(19)12-20-10-4-7-13-5-1-2-9-17(13)20/h3,6,8,11,13,16-17H,1-2,4-5,7,9-10,12,19H2. The molecule has 3 heteroatoms. The average Bonchev–Trinajstić information content (AvgIpc) is 2.47. The van der Waals surface area contributed by atoms with Gasteiger partial charge in [-0.05, 0) is 55.8 Å². The largest absolute Gasteiger partial charge is 0.323 e. The molecule has 2 fully saturated rings. The highest BCUT2D eigenvalue weighted by atomic mass is 19.1. The van der Waals surface area contributed by atoms with Gasteiger partial charge in [-0.25, -0.2) is 4.39 Å². The average molecular weight is 276 g/mol. The molecule has 1 aliphatic heterocycles. The summed E-state index contributed by atoms with van der Waals surface area (Å²) in [7, 11) is 0. The van der Waals surface area contributed by atoms with E-state index in [9.17, 15) is 4.39 Å². The Labute approximate surface area is 121 Å². The van der Waals surface area contributed by atoms with E-state index in [0.29, 0.717) is 0 Å². The van der Waals surface area contributed by atoms with Gasteiger partial charge in [-0.3, -0.25) is 4.90 Å². The molecule has 0 spiro atoms. The molecule has 3 unspecified atom stereocenters. The molecule has 0 amide bonds. The van der Waals surface area contributed by atoms with Crippen LogP contribution in [0.5, 0.6) is 0 Å². The predicted octanol–water partition coefficient (Wildman–Crippen LogP) is 3.48. The highest BCUT2D eigenvalue weighted by Gasteiger charge is 2.33. The first kappa shape index (κ1) is 14.0. The van der Waals surface area contributed by atoms with Crippen LogP contribution in [0.1, 0.15) is 50.1 Å². The monoisotopic (exact) mass is 276 g/mol. The normalized spacial score (nSPS) is 28.9. The van der Waals surface area contributed by atoms with Gasteiger partial charge >= 0.3 is 0 Å². The molecule has 20 heavy (non-hydrogen) atoms. The van der Waals surface area contributed by atoms with Crippen molar-refractivity contribution in [3.05, 3.63) is 35.6 Å². The molecular formula is C17H25FN2. The van der Waals surface area contributed by atoms with Gasteiger partial charge in [0, 0.05) is 18.6 Å². The molecule has 2 aliphatic rings. The van der Waals surface area contributed by atoms with Gasteiger partial charge in [-0.2, -0.15) is 0 Å². The van der Waals surface area contributed by atoms with Gasteiger partial charge in [0.05, 0.1) is 0 Å². The SMILES string of the molecule is NC(CN1CCCC2CCCCC21)c1cccc(F)c1. The Bertz CT molecular complexity index is 446. The number of nitrogens with two attached hydrogens (primary N) is 1. The molecule has 1 aromatic carbocycles. The molecule has 0 bridgehead atoms. The van der Waals surface area contributed by atoms with E-state index in [0.717, 1.165) is 30.6 Å². The van der Waals surface area contributed by atoms with Crippen molar-refractivity contribution >= 4 is 0 Å². The number of hydrogen-bond acceptors (Lipinski definition) is 2. The smallest absolute Gasteiger partial charge is 0.123 e. The maximum absolute atomic E-state index is 13.3. The number of fused-ring (bicyclic) bond motifs is 1. The third-order valence-electron chi connectivity index (χ3n) is 5.07. The van der Waals surface area contributed by atoms with Crippen LogP contribution in [0, 0.1) is 11.7 Å². The summed E-state index contributed by atoms with van der Waals surface area (Å²) in [5.74, 6) is 0.685. The van der Waals surface area contributed by atoms with Crippen molar-refractivity contribution in [2.45, 2.75) is 50.6 Å². The van der Waals surface area contributed by atoms with E-state index < -0.39 is 0 Å². The molecule has 2 nitrogen and oxygen atoms in total. The first-order valence-electron chi connectivity index (χ1n) is 7.99. The first-order chi connectivity index (χ1) is 9.74. The molecule has 1 saturated heterocycles. The molecule has 2 N–H and O–H groups in total. The van der Waals surface area contributed by atoms with Gasteiger partial charge in [0.1, 0.15) is 5.82 Å². The van der Waals surface area contributed by atoms with E-state index in [-0.39, 0.29) is 11.9 Å². The van der Waals surface area contributed by atoms with Crippen LogP contribution in [0.25, 0.3) is 0 Å². The number of halogens is 1. The van der Waals surface area contributed by atoms with Crippen molar-refractivity contribution in [3.63, 3.8) is 0 Å². The van der Waals surface area contributed by atoms with E-state index in [4.69, 9.17) is 5.73 Å². The number of benzene rings is 1. The van der Waals surface area contributed by atoms with Gasteiger partial charge in [-0.1, -0.05) is 25.0 Å². The highest BCUT2D eigenvalue weighted by Crippen LogP contribution is 2.35. The maximum Gasteiger partial charge on any atom is 0.123 e. The summed E-state index contributed by atoms with van der Waals surface area (Å²) in [6, 6.07) is 7.39. The Morgan fingerprint density at radius 1 is 1.20 bits per heavy atom. The number of likely N-dealkylation sites (tertiary alicyclic amines) is 1. The molecule has 0 aromatic heterocycles. The lowest BCUT2D eigenvalue weighted by Crippen LogP contribution is -2.49. The second-order valence-electron chi connectivity index (χ2n) is 6.41. The Kier molecular flexibility index (Phi) is 4.37. The summed E-state index contributed by atoms with van der Waals surface area (Å²) in [5.41, 5.74) is 7.23. The zero-order chi connectivity index (χ0) is 13.9. The molecule has 3 rings (SSSR count). The third-order valence-corrected chi connectivity index (χ3v) is 5.07. The highest BCUT2D eigenvalue weighted by molar-refractivity contribution is 5.20. The molecule has 1 aromatic rings. The summed E-state index contributed by atoms with van der Waals surface area (Å²) in [6.07, 6.45) is 8.13. The summed E-state index contributed by atoms with van der Waals surface area (Å²) in [6.45, 7) is 2.02. The van der Waals surface area contributed by atoms with Gasteiger partial charge in [0.15, 0.2) is 0 Å². The van der Waals surface area contributed by atoms with Crippen LogP contribution in [0.15, 0.2) is 24.3 Å². The van der Waals surface area contributed by atoms with Gasteiger partial charge in [-0.15, -0.1) is 0 Å². The zero-order valence-electron chi connectivity index (χ0n) is 12.1. The lowest BCUT2D eigenvalue weighted by molar-refractivity contribution is 0.0561. The van der Waals surface area contributed by atoms with Crippen molar-refractivity contribution in [1.29, 1.82) is 0 Å². The Morgan fingerprint density at radius 3 is 2.85 bits per heavy atom. The van der Waals surface area contributed by atoms with E-state index in [1.165, 1.54) is 44.6 Å². The minimum atomic E-state index is -0.188. The minimum Gasteiger partial charge on any atom is -0.323 e. The molecule has 1 heterocycles. The minimum absolute atomic E-state index is 0.0774. The van der Waals surface area contributed by atoms with Crippen molar-refractivity contribution in [1.82, 2.24) is 4.90 Å². The van der Waals surface area contributed by atoms with Crippen LogP contribution in [-0.4, -0.2) is 24.0 Å². The van der Waals surface area contributed by atoms with Crippen LogP contribution in [0.2, 0.25) is 0 Å². The number of nitrogens with zero attached hydrogens (tertiary/aromatic N) is 1. The summed E-state index contributed by atoms with van der Waals surface area (Å²) in [5, 5.41) is 0. The zero-order valence-corrected chi connectivity index (χ0v) is 12.1. The van der Waals surface area contributed by atoms with E-state index >= 15 is 0 Å². The quantitative estimate of drug-likeness (QED) is 0.916. The number of hydrogen-bond donors (Lipinski definition) is 1. The number of rotatable bonds is 3. The summed E-state index contributed by atoms with van der Waals surface area (Å²) in [4.78, 5) is 2.57. The second kappa shape index (κ2) is 6.23. The Hall–Kier alpha value is -0.930. The van der Waals surface area contributed by atoms with E-state index in [1.807, 2.05) is 6.07 Å². The van der Waals surface area contributed by atoms with Crippen LogP contribution in [-0.2, 0) is 0 Å². The molecule has 1 saturated carbocycles. The second-order valence-corrected chi connectivity index (χ2v) is 6.41. The van der Waals surface area contributed by atoms with Crippen LogP contribution < -0.4 is 5.73 Å². The molecule has 1 aliphatic carbocycles. The molecular weight excluding hydrogens is 251 g/mol. The third kappa shape index (κ3) is 3.04. The maximum atomic E-state index is 13.3. The molecule has 3 atom stereocenters.